The smallest absolute Gasteiger partial charge is 0.185 e. The molecule has 1 atom stereocenters. The van der Waals surface area contributed by atoms with Gasteiger partial charge in [0.1, 0.15) is 0 Å². The molecule has 4 rings (SSSR count). The first-order chi connectivity index (χ1) is 16.1. The van der Waals surface area contributed by atoms with E-state index < -0.39 is 6.10 Å². The Morgan fingerprint density at radius 1 is 1.03 bits per heavy atom. The fourth-order valence-corrected chi connectivity index (χ4v) is 4.54. The van der Waals surface area contributed by atoms with Crippen molar-refractivity contribution in [3.05, 3.63) is 65.9 Å². The maximum atomic E-state index is 12.8. The minimum Gasteiger partial charge on any atom is -0.493 e. The molecule has 0 radical (unpaired) electrons. The summed E-state index contributed by atoms with van der Waals surface area (Å²) in [6.07, 6.45) is 8.70. The molecule has 0 spiro atoms. The van der Waals surface area contributed by atoms with Crippen molar-refractivity contribution in [3.63, 3.8) is 0 Å². The Morgan fingerprint density at radius 2 is 1.79 bits per heavy atom. The van der Waals surface area contributed by atoms with Crippen LogP contribution in [-0.2, 0) is 6.54 Å². The first-order valence-corrected chi connectivity index (χ1v) is 11.5. The molecular weight excluding hydrogens is 416 g/mol. The van der Waals surface area contributed by atoms with Crippen LogP contribution >= 0.6 is 0 Å². The lowest BCUT2D eigenvalue weighted by Crippen LogP contribution is -2.37. The van der Waals surface area contributed by atoms with Gasteiger partial charge in [0.2, 0.25) is 0 Å². The topological polar surface area (TPSA) is 63.9 Å². The van der Waals surface area contributed by atoms with Gasteiger partial charge in [0.15, 0.2) is 17.3 Å². The molecule has 0 unspecified atom stereocenters. The van der Waals surface area contributed by atoms with E-state index in [1.165, 1.54) is 19.3 Å². The van der Waals surface area contributed by atoms with Crippen molar-refractivity contribution in [2.45, 2.75) is 31.9 Å². The van der Waals surface area contributed by atoms with Crippen LogP contribution in [0, 0.1) is 0 Å². The molecule has 0 aliphatic carbocycles. The molecule has 174 valence electrons. The third kappa shape index (κ3) is 5.46. The van der Waals surface area contributed by atoms with Gasteiger partial charge in [0.25, 0.3) is 0 Å². The van der Waals surface area contributed by atoms with E-state index in [1.807, 2.05) is 30.5 Å². The van der Waals surface area contributed by atoms with Crippen LogP contribution in [0.4, 0.5) is 0 Å². The van der Waals surface area contributed by atoms with Gasteiger partial charge in [-0.3, -0.25) is 4.79 Å². The van der Waals surface area contributed by atoms with Crippen LogP contribution in [0.2, 0.25) is 0 Å². The molecule has 0 saturated carbocycles. The number of methoxy groups -OCH3 is 2. The molecule has 0 amide bonds. The minimum atomic E-state index is -0.441. The van der Waals surface area contributed by atoms with Crippen LogP contribution in [-0.4, -0.2) is 60.3 Å². The predicted octanol–water partition coefficient (Wildman–Crippen LogP) is 4.40. The van der Waals surface area contributed by atoms with Crippen molar-refractivity contribution < 1.29 is 19.4 Å². The quantitative estimate of drug-likeness (QED) is 0.388. The molecule has 1 fully saturated rings. The molecule has 2 heterocycles. The number of hydrogen-bond donors (Lipinski definition) is 1. The van der Waals surface area contributed by atoms with E-state index in [0.717, 1.165) is 29.6 Å². The molecule has 0 bridgehead atoms. The van der Waals surface area contributed by atoms with E-state index in [-0.39, 0.29) is 5.78 Å². The summed E-state index contributed by atoms with van der Waals surface area (Å²) in [7, 11) is 3.12. The Kier molecular flexibility index (Phi) is 7.47. The molecule has 1 aliphatic rings. The van der Waals surface area contributed by atoms with E-state index in [2.05, 4.69) is 15.5 Å². The second-order valence-corrected chi connectivity index (χ2v) is 8.54. The molecule has 33 heavy (non-hydrogen) atoms. The monoisotopic (exact) mass is 448 g/mol. The molecule has 1 saturated heterocycles. The first-order valence-electron chi connectivity index (χ1n) is 11.5. The van der Waals surface area contributed by atoms with E-state index in [9.17, 15) is 9.90 Å². The van der Waals surface area contributed by atoms with Crippen molar-refractivity contribution in [1.29, 1.82) is 0 Å². The summed E-state index contributed by atoms with van der Waals surface area (Å²) in [5.74, 6) is 0.998. The number of para-hydroxylation sites is 1. The lowest BCUT2D eigenvalue weighted by atomic mass is 10.1. The second-order valence-electron chi connectivity index (χ2n) is 8.54. The van der Waals surface area contributed by atoms with Gasteiger partial charge >= 0.3 is 0 Å². The Bertz CT molecular complexity index is 1130. The van der Waals surface area contributed by atoms with Crippen molar-refractivity contribution in [2.75, 3.05) is 33.9 Å². The van der Waals surface area contributed by atoms with Gasteiger partial charge in [-0.1, -0.05) is 24.6 Å². The Hall–Kier alpha value is -3.09. The normalized spacial score (nSPS) is 15.7. The number of fused-ring (bicyclic) bond motifs is 1. The zero-order valence-electron chi connectivity index (χ0n) is 19.4. The van der Waals surface area contributed by atoms with Gasteiger partial charge in [0.05, 0.1) is 20.3 Å². The number of ketones is 1. The lowest BCUT2D eigenvalue weighted by Gasteiger charge is -2.28. The van der Waals surface area contributed by atoms with Crippen molar-refractivity contribution >= 4 is 22.8 Å². The highest BCUT2D eigenvalue weighted by molar-refractivity contribution is 6.08. The largest absolute Gasteiger partial charge is 0.493 e. The summed E-state index contributed by atoms with van der Waals surface area (Å²) in [6.45, 7) is 3.34. The van der Waals surface area contributed by atoms with Crippen molar-refractivity contribution in [3.8, 4) is 11.5 Å². The number of likely N-dealkylation sites (tertiary alicyclic amines) is 1. The number of carbonyl (C=O) groups excluding carboxylic acids is 1. The van der Waals surface area contributed by atoms with E-state index in [1.54, 1.807) is 38.5 Å². The molecule has 1 N–H and O–H groups in total. The number of aliphatic hydroxyl groups is 1. The third-order valence-corrected chi connectivity index (χ3v) is 6.23. The fraction of sp³-hybridized carbons (Fsp3) is 0.370. The number of allylic oxidation sites excluding steroid dienone is 1. The number of hydrogen-bond acceptors (Lipinski definition) is 5. The van der Waals surface area contributed by atoms with Gasteiger partial charge in [-0.25, -0.2) is 0 Å². The van der Waals surface area contributed by atoms with E-state index >= 15 is 0 Å². The molecule has 1 aromatic heterocycles. The summed E-state index contributed by atoms with van der Waals surface area (Å²) in [5, 5.41) is 11.8. The molecule has 2 aromatic carbocycles. The molecule has 6 heteroatoms. The third-order valence-electron chi connectivity index (χ3n) is 6.23. The molecule has 3 aromatic rings. The summed E-state index contributed by atoms with van der Waals surface area (Å²) in [6, 6.07) is 13.2. The average Bonchev–Trinajstić information content (AvgIpc) is 3.19. The standard InChI is InChI=1S/C27H32N2O4/c1-32-26-13-11-20(16-27(26)33-2)25(31)12-10-21-17-29(24-9-5-4-8-23(21)24)19-22(30)18-28-14-6-3-7-15-28/h4-5,8-13,16-17,22,30H,3,6-7,14-15,18-19H2,1-2H3/b12-10+/t22-/m0/s1. The van der Waals surface area contributed by atoms with Crippen LogP contribution in [0.1, 0.15) is 35.2 Å². The molecule has 6 nitrogen and oxygen atoms in total. The number of aromatic nitrogens is 1. The lowest BCUT2D eigenvalue weighted by molar-refractivity contribution is 0.0892. The molecular formula is C27H32N2O4. The van der Waals surface area contributed by atoms with E-state index in [4.69, 9.17) is 9.47 Å². The highest BCUT2D eigenvalue weighted by Gasteiger charge is 2.16. The number of nitrogens with zero attached hydrogens (tertiary/aromatic N) is 2. The Balaban J connectivity index is 1.52. The van der Waals surface area contributed by atoms with Crippen LogP contribution < -0.4 is 9.47 Å². The number of β-amino-alcohol motifs (C(OH)–C–C–N with tert-alkyl or cyclic N) is 1. The zero-order chi connectivity index (χ0) is 23.2. The predicted molar refractivity (Wildman–Crippen MR) is 131 cm³/mol. The highest BCUT2D eigenvalue weighted by atomic mass is 16.5. The second kappa shape index (κ2) is 10.7. The summed E-state index contributed by atoms with van der Waals surface area (Å²) in [4.78, 5) is 15.1. The van der Waals surface area contributed by atoms with Gasteiger partial charge in [0, 0.05) is 41.3 Å². The molecule has 1 aliphatic heterocycles. The van der Waals surface area contributed by atoms with Gasteiger partial charge in [-0.05, 0) is 62.3 Å². The number of rotatable bonds is 9. The average molecular weight is 449 g/mol. The summed E-state index contributed by atoms with van der Waals surface area (Å²) < 4.78 is 12.6. The minimum absolute atomic E-state index is 0.113. The fourth-order valence-electron chi connectivity index (χ4n) is 4.54. The number of benzene rings is 2. The van der Waals surface area contributed by atoms with Crippen molar-refractivity contribution in [1.82, 2.24) is 9.47 Å². The van der Waals surface area contributed by atoms with Crippen LogP contribution in [0.5, 0.6) is 11.5 Å². The van der Waals surface area contributed by atoms with Crippen LogP contribution in [0.25, 0.3) is 17.0 Å². The summed E-state index contributed by atoms with van der Waals surface area (Å²) in [5.41, 5.74) is 2.53. The van der Waals surface area contributed by atoms with Crippen LogP contribution in [0.15, 0.2) is 54.7 Å². The summed E-state index contributed by atoms with van der Waals surface area (Å²) >= 11 is 0. The Morgan fingerprint density at radius 3 is 2.55 bits per heavy atom. The SMILES string of the molecule is COc1ccc(C(=O)/C=C/c2cn(C[C@@H](O)CN3CCCCC3)c3ccccc23)cc1OC. The van der Waals surface area contributed by atoms with Gasteiger partial charge in [-0.2, -0.15) is 0 Å². The van der Waals surface area contributed by atoms with Gasteiger partial charge in [-0.15, -0.1) is 0 Å². The number of aliphatic hydroxyl groups excluding tert-OH is 1. The first kappa shape index (κ1) is 23.1. The zero-order valence-corrected chi connectivity index (χ0v) is 19.4. The number of carbonyl (C=O) groups is 1. The van der Waals surface area contributed by atoms with Crippen molar-refractivity contribution in [2.24, 2.45) is 0 Å². The Labute approximate surface area is 195 Å². The highest BCUT2D eigenvalue weighted by Crippen LogP contribution is 2.28. The number of piperidine rings is 1. The van der Waals surface area contributed by atoms with Crippen LogP contribution in [0.3, 0.4) is 0 Å². The number of ether oxygens (including phenoxy) is 2. The maximum absolute atomic E-state index is 12.8. The van der Waals surface area contributed by atoms with E-state index in [0.29, 0.717) is 30.2 Å². The maximum Gasteiger partial charge on any atom is 0.185 e. The van der Waals surface area contributed by atoms with Gasteiger partial charge < -0.3 is 24.0 Å².